The van der Waals surface area contributed by atoms with E-state index in [-0.39, 0.29) is 36.9 Å². The molecule has 2 aliphatic rings. The second-order valence-corrected chi connectivity index (χ2v) is 9.94. The van der Waals surface area contributed by atoms with Crippen LogP contribution in [0.25, 0.3) is 11.3 Å². The molecule has 37 heavy (non-hydrogen) atoms. The number of carbonyl (C=O) groups is 1. The van der Waals surface area contributed by atoms with E-state index in [1.807, 2.05) is 36.4 Å². The maximum absolute atomic E-state index is 14.1. The number of rotatable bonds is 5. The van der Waals surface area contributed by atoms with E-state index in [9.17, 15) is 23.1 Å². The summed E-state index contributed by atoms with van der Waals surface area (Å²) in [6.45, 7) is 1.70. The molecular weight excluding hydrogens is 481 g/mol. The molecule has 9 heteroatoms. The summed E-state index contributed by atoms with van der Waals surface area (Å²) in [6, 6.07) is 17.4. The molecule has 1 saturated carbocycles. The smallest absolute Gasteiger partial charge is 0.379 e. The number of aromatic nitrogens is 2. The standard InChI is InChI=1S/C28H31F3N4O2/c29-28(30,31)27(37)14-8-7-13-23(27)35-19-33-24(25(35)21-11-5-2-6-12-21)26(36)34-16-15-32-18-22(34)17-20-9-3-1-4-10-20/h1-6,9-12,19,22-23,32,37H,7-8,13-18H2/t22-,23+,27?/m1/s1. The molecule has 1 unspecified atom stereocenters. The Hall–Kier alpha value is -3.17. The third-order valence-electron chi connectivity index (χ3n) is 7.63. The molecule has 2 aromatic carbocycles. The Morgan fingerprint density at radius 3 is 2.49 bits per heavy atom. The number of hydrogen-bond donors (Lipinski definition) is 2. The first-order chi connectivity index (χ1) is 17.8. The van der Waals surface area contributed by atoms with Crippen LogP contribution >= 0.6 is 0 Å². The minimum atomic E-state index is -4.81. The van der Waals surface area contributed by atoms with Crippen molar-refractivity contribution in [3.63, 3.8) is 0 Å². The van der Waals surface area contributed by atoms with E-state index in [0.717, 1.165) is 5.56 Å². The molecule has 2 N–H and O–H groups in total. The van der Waals surface area contributed by atoms with Crippen LogP contribution in [0.15, 0.2) is 67.0 Å². The van der Waals surface area contributed by atoms with E-state index >= 15 is 0 Å². The average Bonchev–Trinajstić information content (AvgIpc) is 3.34. The predicted octanol–water partition coefficient (Wildman–Crippen LogP) is 4.62. The monoisotopic (exact) mass is 512 g/mol. The van der Waals surface area contributed by atoms with Gasteiger partial charge in [-0.2, -0.15) is 13.2 Å². The summed E-state index contributed by atoms with van der Waals surface area (Å²) < 4.78 is 43.8. The summed E-state index contributed by atoms with van der Waals surface area (Å²) >= 11 is 0. The van der Waals surface area contributed by atoms with Gasteiger partial charge in [-0.3, -0.25) is 4.79 Å². The van der Waals surface area contributed by atoms with E-state index < -0.39 is 17.8 Å². The molecular formula is C28H31F3N4O2. The minimum absolute atomic E-state index is 0.112. The minimum Gasteiger partial charge on any atom is -0.379 e. The van der Waals surface area contributed by atoms with Crippen LogP contribution in [0.3, 0.4) is 0 Å². The van der Waals surface area contributed by atoms with Crippen LogP contribution in [0.4, 0.5) is 13.2 Å². The van der Waals surface area contributed by atoms with Gasteiger partial charge in [0.05, 0.1) is 18.1 Å². The fourth-order valence-electron chi connectivity index (χ4n) is 5.71. The summed E-state index contributed by atoms with van der Waals surface area (Å²) in [4.78, 5) is 20.2. The number of halogens is 3. The van der Waals surface area contributed by atoms with Crippen molar-refractivity contribution < 1.29 is 23.1 Å². The van der Waals surface area contributed by atoms with E-state index in [1.165, 1.54) is 10.9 Å². The molecule has 0 radical (unpaired) electrons. The Morgan fingerprint density at radius 2 is 1.78 bits per heavy atom. The number of nitrogens with one attached hydrogen (secondary N) is 1. The van der Waals surface area contributed by atoms with Gasteiger partial charge < -0.3 is 19.9 Å². The fourth-order valence-corrected chi connectivity index (χ4v) is 5.71. The molecule has 1 saturated heterocycles. The third kappa shape index (κ3) is 4.90. The molecule has 3 atom stereocenters. The largest absolute Gasteiger partial charge is 0.419 e. The van der Waals surface area contributed by atoms with Crippen molar-refractivity contribution in [1.82, 2.24) is 19.8 Å². The Morgan fingerprint density at radius 1 is 1.08 bits per heavy atom. The van der Waals surface area contributed by atoms with Gasteiger partial charge >= 0.3 is 6.18 Å². The highest BCUT2D eigenvalue weighted by molar-refractivity contribution is 5.98. The van der Waals surface area contributed by atoms with Gasteiger partial charge in [0.1, 0.15) is 0 Å². The lowest BCUT2D eigenvalue weighted by Gasteiger charge is -2.42. The lowest BCUT2D eigenvalue weighted by atomic mass is 9.79. The van der Waals surface area contributed by atoms with Gasteiger partial charge in [0.15, 0.2) is 11.3 Å². The molecule has 1 aromatic heterocycles. The van der Waals surface area contributed by atoms with Crippen molar-refractivity contribution in [2.45, 2.75) is 56.0 Å². The molecule has 1 aliphatic heterocycles. The van der Waals surface area contributed by atoms with Gasteiger partial charge in [-0.05, 0) is 24.8 Å². The molecule has 196 valence electrons. The molecule has 1 amide bonds. The second-order valence-electron chi connectivity index (χ2n) is 9.94. The van der Waals surface area contributed by atoms with E-state index in [0.29, 0.717) is 43.7 Å². The molecule has 0 bridgehead atoms. The number of aliphatic hydroxyl groups is 1. The van der Waals surface area contributed by atoms with Crippen molar-refractivity contribution in [2.75, 3.05) is 19.6 Å². The maximum atomic E-state index is 14.1. The van der Waals surface area contributed by atoms with Gasteiger partial charge in [-0.1, -0.05) is 73.5 Å². The first kappa shape index (κ1) is 25.5. The molecule has 3 aromatic rings. The van der Waals surface area contributed by atoms with Gasteiger partial charge in [0.2, 0.25) is 0 Å². The summed E-state index contributed by atoms with van der Waals surface area (Å²) in [5, 5.41) is 14.3. The third-order valence-corrected chi connectivity index (χ3v) is 7.63. The fraction of sp³-hybridized carbons (Fsp3) is 0.429. The van der Waals surface area contributed by atoms with Crippen molar-refractivity contribution >= 4 is 5.91 Å². The van der Waals surface area contributed by atoms with Gasteiger partial charge in [-0.15, -0.1) is 0 Å². The lowest BCUT2D eigenvalue weighted by molar-refractivity contribution is -0.284. The second kappa shape index (κ2) is 10.3. The Labute approximate surface area is 214 Å². The van der Waals surface area contributed by atoms with E-state index in [2.05, 4.69) is 10.3 Å². The zero-order chi connectivity index (χ0) is 26.0. The molecule has 6 nitrogen and oxygen atoms in total. The number of carbonyl (C=O) groups excluding carboxylic acids is 1. The SMILES string of the molecule is O=C(c1ncn([C@H]2CCCCC2(O)C(F)(F)F)c1-c1ccccc1)N1CCNC[C@H]1Cc1ccccc1. The number of amides is 1. The first-order valence-electron chi connectivity index (χ1n) is 12.8. The zero-order valence-corrected chi connectivity index (χ0v) is 20.5. The zero-order valence-electron chi connectivity index (χ0n) is 20.5. The summed E-state index contributed by atoms with van der Waals surface area (Å²) in [5.41, 5.74) is -0.771. The number of alkyl halides is 3. The molecule has 2 heterocycles. The highest BCUT2D eigenvalue weighted by Crippen LogP contribution is 2.49. The summed E-state index contributed by atoms with van der Waals surface area (Å²) in [6.07, 6.45) is -2.25. The normalized spacial score (nSPS) is 24.7. The van der Waals surface area contributed by atoms with Crippen LogP contribution in [0, 0.1) is 0 Å². The van der Waals surface area contributed by atoms with Crippen LogP contribution in [-0.4, -0.2) is 62.9 Å². The summed E-state index contributed by atoms with van der Waals surface area (Å²) in [7, 11) is 0. The predicted molar refractivity (Wildman–Crippen MR) is 134 cm³/mol. The molecule has 0 spiro atoms. The van der Waals surface area contributed by atoms with E-state index in [1.54, 1.807) is 29.2 Å². The number of benzene rings is 2. The van der Waals surface area contributed by atoms with Crippen LogP contribution in [0.1, 0.15) is 47.8 Å². The average molecular weight is 513 g/mol. The number of nitrogens with zero attached hydrogens (tertiary/aromatic N) is 3. The number of imidazole rings is 1. The van der Waals surface area contributed by atoms with Gasteiger partial charge in [-0.25, -0.2) is 4.98 Å². The van der Waals surface area contributed by atoms with Crippen molar-refractivity contribution in [3.8, 4) is 11.3 Å². The van der Waals surface area contributed by atoms with Gasteiger partial charge in [0, 0.05) is 31.2 Å². The van der Waals surface area contributed by atoms with Crippen LogP contribution in [0.5, 0.6) is 0 Å². The number of piperazine rings is 1. The maximum Gasteiger partial charge on any atom is 0.419 e. The topological polar surface area (TPSA) is 70.4 Å². The Bertz CT molecular complexity index is 1220. The Balaban J connectivity index is 1.56. The lowest BCUT2D eigenvalue weighted by Crippen LogP contribution is -2.54. The van der Waals surface area contributed by atoms with Crippen molar-refractivity contribution in [1.29, 1.82) is 0 Å². The van der Waals surface area contributed by atoms with Crippen molar-refractivity contribution in [3.05, 3.63) is 78.2 Å². The molecule has 1 aliphatic carbocycles. The van der Waals surface area contributed by atoms with Crippen LogP contribution in [0.2, 0.25) is 0 Å². The van der Waals surface area contributed by atoms with Crippen LogP contribution in [-0.2, 0) is 6.42 Å². The molecule has 5 rings (SSSR count). The molecule has 2 fully saturated rings. The highest BCUT2D eigenvalue weighted by atomic mass is 19.4. The van der Waals surface area contributed by atoms with E-state index in [4.69, 9.17) is 0 Å². The van der Waals surface area contributed by atoms with Crippen LogP contribution < -0.4 is 5.32 Å². The number of hydrogen-bond acceptors (Lipinski definition) is 4. The Kier molecular flexibility index (Phi) is 7.09. The summed E-state index contributed by atoms with van der Waals surface area (Å²) in [5.74, 6) is -0.314. The first-order valence-corrected chi connectivity index (χ1v) is 12.8. The van der Waals surface area contributed by atoms with Gasteiger partial charge in [0.25, 0.3) is 5.91 Å². The highest BCUT2D eigenvalue weighted by Gasteiger charge is 2.60. The quantitative estimate of drug-likeness (QED) is 0.524. The van der Waals surface area contributed by atoms with Crippen molar-refractivity contribution in [2.24, 2.45) is 0 Å².